The zero-order valence-electron chi connectivity index (χ0n) is 14.7. The summed E-state index contributed by atoms with van der Waals surface area (Å²) in [4.78, 5) is 16.7. The Morgan fingerprint density at radius 1 is 1.04 bits per heavy atom. The van der Waals surface area contributed by atoms with Gasteiger partial charge in [0.1, 0.15) is 5.69 Å². The van der Waals surface area contributed by atoms with Crippen molar-refractivity contribution in [3.63, 3.8) is 0 Å². The van der Waals surface area contributed by atoms with E-state index in [4.69, 9.17) is 0 Å². The molecule has 0 spiro atoms. The Morgan fingerprint density at radius 3 is 2.13 bits per heavy atom. The lowest BCUT2D eigenvalue weighted by atomic mass is 10.0. The Balaban J connectivity index is 2.16. The molecule has 0 bridgehead atoms. The van der Waals surface area contributed by atoms with Crippen LogP contribution in [0.15, 0.2) is 30.5 Å². The van der Waals surface area contributed by atoms with Crippen LogP contribution < -0.4 is 10.6 Å². The molecule has 4 nitrogen and oxygen atoms in total. The SMILES string of the molecule is Cc1cc(C)c(NC(=O)c2ccc(NC(C)(C)C)cn2)c(C)c1. The molecule has 0 aliphatic carbocycles. The molecular formula is C19H25N3O. The lowest BCUT2D eigenvalue weighted by Crippen LogP contribution is -2.26. The van der Waals surface area contributed by atoms with Crippen molar-refractivity contribution in [2.45, 2.75) is 47.1 Å². The molecule has 2 rings (SSSR count). The number of nitrogens with zero attached hydrogens (tertiary/aromatic N) is 1. The van der Waals surface area contributed by atoms with E-state index in [1.165, 1.54) is 5.56 Å². The van der Waals surface area contributed by atoms with Crippen molar-refractivity contribution in [2.24, 2.45) is 0 Å². The number of carbonyl (C=O) groups is 1. The van der Waals surface area contributed by atoms with E-state index >= 15 is 0 Å². The van der Waals surface area contributed by atoms with Gasteiger partial charge in [-0.05, 0) is 64.8 Å². The average molecular weight is 311 g/mol. The maximum atomic E-state index is 12.4. The summed E-state index contributed by atoms with van der Waals surface area (Å²) in [6, 6.07) is 7.74. The van der Waals surface area contributed by atoms with Gasteiger partial charge in [-0.1, -0.05) is 17.7 Å². The normalized spacial score (nSPS) is 11.2. The van der Waals surface area contributed by atoms with Gasteiger partial charge >= 0.3 is 0 Å². The second kappa shape index (κ2) is 6.41. The smallest absolute Gasteiger partial charge is 0.274 e. The van der Waals surface area contributed by atoms with Gasteiger partial charge in [0.25, 0.3) is 5.91 Å². The van der Waals surface area contributed by atoms with Crippen LogP contribution in [0.25, 0.3) is 0 Å². The summed E-state index contributed by atoms with van der Waals surface area (Å²) < 4.78 is 0. The highest BCUT2D eigenvalue weighted by molar-refractivity contribution is 6.03. The summed E-state index contributed by atoms with van der Waals surface area (Å²) in [5.74, 6) is -0.192. The largest absolute Gasteiger partial charge is 0.379 e. The van der Waals surface area contributed by atoms with Crippen LogP contribution >= 0.6 is 0 Å². The van der Waals surface area contributed by atoms with Crippen LogP contribution in [0.1, 0.15) is 48.0 Å². The molecule has 1 heterocycles. The molecule has 0 aliphatic rings. The third kappa shape index (κ3) is 4.55. The topological polar surface area (TPSA) is 54.0 Å². The first-order valence-electron chi connectivity index (χ1n) is 7.79. The number of aromatic nitrogens is 1. The van der Waals surface area contributed by atoms with E-state index in [0.717, 1.165) is 22.5 Å². The van der Waals surface area contributed by atoms with Gasteiger partial charge in [0, 0.05) is 11.2 Å². The fourth-order valence-corrected chi connectivity index (χ4v) is 2.59. The lowest BCUT2D eigenvalue weighted by molar-refractivity contribution is 0.102. The van der Waals surface area contributed by atoms with Gasteiger partial charge in [0.2, 0.25) is 0 Å². The minimum absolute atomic E-state index is 0.0401. The van der Waals surface area contributed by atoms with Crippen molar-refractivity contribution in [3.05, 3.63) is 52.8 Å². The zero-order valence-corrected chi connectivity index (χ0v) is 14.7. The maximum absolute atomic E-state index is 12.4. The summed E-state index contributed by atoms with van der Waals surface area (Å²) in [6.07, 6.45) is 1.69. The molecule has 4 heteroatoms. The molecular weight excluding hydrogens is 286 g/mol. The Morgan fingerprint density at radius 2 is 1.65 bits per heavy atom. The van der Waals surface area contributed by atoms with E-state index in [2.05, 4.69) is 48.5 Å². The number of amides is 1. The van der Waals surface area contributed by atoms with Crippen molar-refractivity contribution in [1.82, 2.24) is 4.98 Å². The number of anilines is 2. The number of carbonyl (C=O) groups excluding carboxylic acids is 1. The third-order valence-electron chi connectivity index (χ3n) is 3.43. The van der Waals surface area contributed by atoms with Gasteiger partial charge in [-0.2, -0.15) is 0 Å². The summed E-state index contributed by atoms with van der Waals surface area (Å²) in [7, 11) is 0. The van der Waals surface area contributed by atoms with Crippen LogP contribution in [0.4, 0.5) is 11.4 Å². The van der Waals surface area contributed by atoms with Gasteiger partial charge in [-0.25, -0.2) is 4.98 Å². The first kappa shape index (κ1) is 17.0. The van der Waals surface area contributed by atoms with Crippen LogP contribution in [0.3, 0.4) is 0 Å². The molecule has 0 atom stereocenters. The summed E-state index contributed by atoms with van der Waals surface area (Å²) in [6.45, 7) is 12.3. The highest BCUT2D eigenvalue weighted by Gasteiger charge is 2.13. The number of hydrogen-bond donors (Lipinski definition) is 2. The van der Waals surface area contributed by atoms with E-state index in [1.807, 2.05) is 26.8 Å². The van der Waals surface area contributed by atoms with Crippen molar-refractivity contribution < 1.29 is 4.79 Å². The van der Waals surface area contributed by atoms with E-state index in [0.29, 0.717) is 5.69 Å². The number of nitrogens with one attached hydrogen (secondary N) is 2. The van der Waals surface area contributed by atoms with Crippen molar-refractivity contribution in [2.75, 3.05) is 10.6 Å². The number of benzene rings is 1. The van der Waals surface area contributed by atoms with Crippen LogP contribution in [0.2, 0.25) is 0 Å². The van der Waals surface area contributed by atoms with Crippen molar-refractivity contribution in [1.29, 1.82) is 0 Å². The number of aryl methyl sites for hydroxylation is 3. The maximum Gasteiger partial charge on any atom is 0.274 e. The zero-order chi connectivity index (χ0) is 17.2. The van der Waals surface area contributed by atoms with Gasteiger partial charge in [-0.3, -0.25) is 4.79 Å². The quantitative estimate of drug-likeness (QED) is 0.879. The monoisotopic (exact) mass is 311 g/mol. The molecule has 1 aromatic heterocycles. The summed E-state index contributed by atoms with van der Waals surface area (Å²) in [5, 5.41) is 6.30. The van der Waals surface area contributed by atoms with Gasteiger partial charge < -0.3 is 10.6 Å². The molecule has 122 valence electrons. The highest BCUT2D eigenvalue weighted by atomic mass is 16.1. The predicted molar refractivity (Wildman–Crippen MR) is 96.2 cm³/mol. The molecule has 0 unspecified atom stereocenters. The Labute approximate surface area is 138 Å². The fourth-order valence-electron chi connectivity index (χ4n) is 2.59. The third-order valence-corrected chi connectivity index (χ3v) is 3.43. The van der Waals surface area contributed by atoms with Gasteiger partial charge in [0.05, 0.1) is 11.9 Å². The molecule has 1 aromatic carbocycles. The molecule has 0 saturated carbocycles. The molecule has 1 amide bonds. The molecule has 0 radical (unpaired) electrons. The molecule has 0 aliphatic heterocycles. The number of pyridine rings is 1. The van der Waals surface area contributed by atoms with Crippen LogP contribution in [-0.4, -0.2) is 16.4 Å². The minimum Gasteiger partial charge on any atom is -0.379 e. The number of rotatable bonds is 3. The van der Waals surface area contributed by atoms with E-state index in [9.17, 15) is 4.79 Å². The lowest BCUT2D eigenvalue weighted by Gasteiger charge is -2.21. The molecule has 0 saturated heterocycles. The van der Waals surface area contributed by atoms with E-state index in [1.54, 1.807) is 12.3 Å². The first-order chi connectivity index (χ1) is 10.7. The van der Waals surface area contributed by atoms with E-state index in [-0.39, 0.29) is 11.4 Å². The molecule has 23 heavy (non-hydrogen) atoms. The van der Waals surface area contributed by atoms with Crippen LogP contribution in [0, 0.1) is 20.8 Å². The second-order valence-corrected chi connectivity index (χ2v) is 7.03. The molecule has 2 aromatic rings. The highest BCUT2D eigenvalue weighted by Crippen LogP contribution is 2.22. The summed E-state index contributed by atoms with van der Waals surface area (Å²) in [5.41, 5.74) is 5.43. The summed E-state index contributed by atoms with van der Waals surface area (Å²) >= 11 is 0. The Hall–Kier alpha value is -2.36. The van der Waals surface area contributed by atoms with Crippen molar-refractivity contribution in [3.8, 4) is 0 Å². The van der Waals surface area contributed by atoms with Crippen LogP contribution in [0.5, 0.6) is 0 Å². The molecule has 2 N–H and O–H groups in total. The predicted octanol–water partition coefficient (Wildman–Crippen LogP) is 4.47. The standard InChI is InChI=1S/C19H25N3O/c1-12-9-13(2)17(14(3)10-12)21-18(23)16-8-7-15(11-20-16)22-19(4,5)6/h7-11,22H,1-6H3,(H,21,23). The van der Waals surface area contributed by atoms with Gasteiger partial charge in [-0.15, -0.1) is 0 Å². The second-order valence-electron chi connectivity index (χ2n) is 7.03. The number of hydrogen-bond acceptors (Lipinski definition) is 3. The van der Waals surface area contributed by atoms with E-state index < -0.39 is 0 Å². The minimum atomic E-state index is -0.192. The molecule has 0 fully saturated rings. The van der Waals surface area contributed by atoms with Crippen molar-refractivity contribution >= 4 is 17.3 Å². The fraction of sp³-hybridized carbons (Fsp3) is 0.368. The average Bonchev–Trinajstić information content (AvgIpc) is 2.41. The Kier molecular flexibility index (Phi) is 4.73. The van der Waals surface area contributed by atoms with Gasteiger partial charge in [0.15, 0.2) is 0 Å². The first-order valence-corrected chi connectivity index (χ1v) is 7.79. The Bertz CT molecular complexity index is 689. The van der Waals surface area contributed by atoms with Crippen LogP contribution in [-0.2, 0) is 0 Å².